The molecule has 1 atom stereocenters. The van der Waals surface area contributed by atoms with Gasteiger partial charge in [-0.15, -0.1) is 0 Å². The molecule has 0 unspecified atom stereocenters. The third-order valence-electron chi connectivity index (χ3n) is 6.45. The zero-order valence-electron chi connectivity index (χ0n) is 21.4. The van der Waals surface area contributed by atoms with Crippen LogP contribution in [-0.2, 0) is 0 Å². The smallest absolute Gasteiger partial charge is 0.296 e. The first-order valence-corrected chi connectivity index (χ1v) is 12.6. The summed E-state index contributed by atoms with van der Waals surface area (Å²) in [6.07, 6.45) is 4.70. The van der Waals surface area contributed by atoms with Crippen LogP contribution in [-0.4, -0.2) is 73.7 Å². The van der Waals surface area contributed by atoms with Crippen LogP contribution in [0.3, 0.4) is 0 Å². The standard InChI is InChI=1S/C26H23ClF2N8O3/c1-36-8-7-20(26(28,29)12-36)40-23-22-18(10-30-25(23)38-2)31-13-33-24(22)35-15-3-5-19(17(27)9-15)39-16-4-6-21-32-14-34-37(21)11-16/h3-6,9-11,13-14,20H,7-8,12H2,1-2H3,(H,31,33,35)/t20-/m1/s1. The number of methoxy groups -OCH3 is 1. The maximum Gasteiger partial charge on any atom is 0.296 e. The summed E-state index contributed by atoms with van der Waals surface area (Å²) in [5.74, 6) is -1.75. The summed E-state index contributed by atoms with van der Waals surface area (Å²) in [5.41, 5.74) is 1.64. The van der Waals surface area contributed by atoms with Crippen LogP contribution in [0.15, 0.2) is 55.4 Å². The highest BCUT2D eigenvalue weighted by Gasteiger charge is 2.46. The molecule has 0 saturated carbocycles. The van der Waals surface area contributed by atoms with Crippen molar-refractivity contribution >= 4 is 39.7 Å². The van der Waals surface area contributed by atoms with Crippen molar-refractivity contribution in [3.8, 4) is 23.1 Å². The molecule has 206 valence electrons. The molecule has 40 heavy (non-hydrogen) atoms. The van der Waals surface area contributed by atoms with Gasteiger partial charge in [0.05, 0.1) is 42.0 Å². The molecular formula is C26H23ClF2N8O3. The van der Waals surface area contributed by atoms with Gasteiger partial charge < -0.3 is 24.4 Å². The Bertz CT molecular complexity index is 1700. The number of nitrogens with zero attached hydrogens (tertiary/aromatic N) is 7. The molecule has 5 aromatic rings. The number of pyridine rings is 2. The Morgan fingerprint density at radius 1 is 1.10 bits per heavy atom. The summed E-state index contributed by atoms with van der Waals surface area (Å²) in [7, 11) is 3.04. The van der Waals surface area contributed by atoms with Crippen molar-refractivity contribution in [2.45, 2.75) is 18.4 Å². The molecular weight excluding hydrogens is 546 g/mol. The van der Waals surface area contributed by atoms with Crippen LogP contribution in [0.4, 0.5) is 20.3 Å². The van der Waals surface area contributed by atoms with Gasteiger partial charge >= 0.3 is 0 Å². The molecule has 1 N–H and O–H groups in total. The van der Waals surface area contributed by atoms with E-state index < -0.39 is 18.6 Å². The average Bonchev–Trinajstić information content (AvgIpc) is 3.39. The van der Waals surface area contributed by atoms with Crippen molar-refractivity contribution in [1.82, 2.24) is 34.4 Å². The summed E-state index contributed by atoms with van der Waals surface area (Å²) < 4.78 is 48.6. The number of hydrogen-bond donors (Lipinski definition) is 1. The highest BCUT2D eigenvalue weighted by Crippen LogP contribution is 2.41. The summed E-state index contributed by atoms with van der Waals surface area (Å²) in [6, 6.07) is 8.63. The van der Waals surface area contributed by atoms with Gasteiger partial charge in [-0.25, -0.2) is 33.2 Å². The number of hydrogen-bond acceptors (Lipinski definition) is 10. The first-order chi connectivity index (χ1) is 19.3. The third kappa shape index (κ3) is 5.00. The lowest BCUT2D eigenvalue weighted by atomic mass is 10.0. The van der Waals surface area contributed by atoms with Gasteiger partial charge in [-0.3, -0.25) is 0 Å². The van der Waals surface area contributed by atoms with Gasteiger partial charge in [0.2, 0.25) is 0 Å². The monoisotopic (exact) mass is 568 g/mol. The van der Waals surface area contributed by atoms with Gasteiger partial charge in [0.15, 0.2) is 17.5 Å². The largest absolute Gasteiger partial charge is 0.478 e. The predicted molar refractivity (Wildman–Crippen MR) is 143 cm³/mol. The van der Waals surface area contributed by atoms with Crippen LogP contribution < -0.4 is 19.5 Å². The average molecular weight is 569 g/mol. The Morgan fingerprint density at radius 2 is 1.98 bits per heavy atom. The molecule has 1 saturated heterocycles. The summed E-state index contributed by atoms with van der Waals surface area (Å²) in [4.78, 5) is 18.5. The molecule has 0 spiro atoms. The molecule has 11 nitrogen and oxygen atoms in total. The number of halogens is 3. The minimum atomic E-state index is -3.08. The molecule has 0 aliphatic carbocycles. The highest BCUT2D eigenvalue weighted by atomic mass is 35.5. The van der Waals surface area contributed by atoms with Crippen molar-refractivity contribution in [3.05, 3.63) is 60.4 Å². The zero-order chi connectivity index (χ0) is 27.9. The molecule has 14 heteroatoms. The molecule has 4 aromatic heterocycles. The van der Waals surface area contributed by atoms with Crippen molar-refractivity contribution in [3.63, 3.8) is 0 Å². The quantitative estimate of drug-likeness (QED) is 0.288. The second-order valence-electron chi connectivity index (χ2n) is 9.27. The zero-order valence-corrected chi connectivity index (χ0v) is 22.1. The van der Waals surface area contributed by atoms with Gasteiger partial charge in [0.25, 0.3) is 11.8 Å². The molecule has 5 heterocycles. The lowest BCUT2D eigenvalue weighted by Crippen LogP contribution is -2.52. The van der Waals surface area contributed by atoms with Crippen LogP contribution >= 0.6 is 11.6 Å². The van der Waals surface area contributed by atoms with E-state index >= 15 is 0 Å². The Hall–Kier alpha value is -4.36. The van der Waals surface area contributed by atoms with Crippen LogP contribution in [0.25, 0.3) is 16.6 Å². The first kappa shape index (κ1) is 25.9. The Morgan fingerprint density at radius 3 is 2.77 bits per heavy atom. The van der Waals surface area contributed by atoms with Gasteiger partial charge in [0, 0.05) is 18.7 Å². The second-order valence-corrected chi connectivity index (χ2v) is 9.68. The number of fused-ring (bicyclic) bond motifs is 2. The maximum atomic E-state index is 14.9. The van der Waals surface area contributed by atoms with E-state index in [4.69, 9.17) is 25.8 Å². The summed E-state index contributed by atoms with van der Waals surface area (Å²) in [6.45, 7) is 0.0430. The Kier molecular flexibility index (Phi) is 6.68. The number of anilines is 2. The lowest BCUT2D eigenvalue weighted by Gasteiger charge is -2.36. The number of alkyl halides is 2. The number of likely N-dealkylation sites (tertiary alicyclic amines) is 1. The van der Waals surface area contributed by atoms with E-state index in [0.29, 0.717) is 51.1 Å². The van der Waals surface area contributed by atoms with Crippen LogP contribution in [0.1, 0.15) is 6.42 Å². The van der Waals surface area contributed by atoms with Gasteiger partial charge in [-0.1, -0.05) is 11.6 Å². The van der Waals surface area contributed by atoms with E-state index in [2.05, 4.69) is 30.4 Å². The number of nitrogens with one attached hydrogen (secondary N) is 1. The summed E-state index contributed by atoms with van der Waals surface area (Å²) in [5, 5.41) is 7.96. The fraction of sp³-hybridized carbons (Fsp3) is 0.269. The molecule has 1 aromatic carbocycles. The minimum absolute atomic E-state index is 0.0341. The molecule has 1 aliphatic heterocycles. The molecule has 1 aliphatic rings. The van der Waals surface area contributed by atoms with Crippen LogP contribution in [0.5, 0.6) is 23.1 Å². The fourth-order valence-corrected chi connectivity index (χ4v) is 4.74. The van der Waals surface area contributed by atoms with Crippen molar-refractivity contribution in [1.29, 1.82) is 0 Å². The highest BCUT2D eigenvalue weighted by molar-refractivity contribution is 6.32. The molecule has 1 fully saturated rings. The van der Waals surface area contributed by atoms with Crippen molar-refractivity contribution in [2.24, 2.45) is 0 Å². The minimum Gasteiger partial charge on any atom is -0.478 e. The fourth-order valence-electron chi connectivity index (χ4n) is 4.52. The van der Waals surface area contributed by atoms with E-state index in [1.165, 1.54) is 26.0 Å². The second kappa shape index (κ2) is 10.3. The predicted octanol–water partition coefficient (Wildman–Crippen LogP) is 4.98. The number of piperidine rings is 1. The van der Waals surface area contributed by atoms with E-state index in [-0.39, 0.29) is 18.1 Å². The topological polar surface area (TPSA) is 112 Å². The SMILES string of the molecule is COc1ncc2ncnc(Nc3ccc(Oc4ccc5ncnn5c4)c(Cl)c3)c2c1O[C@@H]1CCN(C)CC1(F)F. The molecule has 0 radical (unpaired) electrons. The number of aromatic nitrogens is 6. The third-order valence-corrected chi connectivity index (χ3v) is 6.75. The number of benzene rings is 1. The van der Waals surface area contributed by atoms with E-state index in [1.54, 1.807) is 53.0 Å². The lowest BCUT2D eigenvalue weighted by molar-refractivity contribution is -0.135. The van der Waals surface area contributed by atoms with E-state index in [0.717, 1.165) is 0 Å². The Labute approximate surface area is 231 Å². The van der Waals surface area contributed by atoms with Gasteiger partial charge in [-0.05, 0) is 37.4 Å². The van der Waals surface area contributed by atoms with E-state index in [9.17, 15) is 8.78 Å². The number of rotatable bonds is 7. The van der Waals surface area contributed by atoms with Crippen molar-refractivity contribution < 1.29 is 23.0 Å². The first-order valence-electron chi connectivity index (χ1n) is 12.3. The molecule has 0 amide bonds. The normalized spacial score (nSPS) is 17.2. The number of ether oxygens (including phenoxy) is 3. The molecule has 6 rings (SSSR count). The Balaban J connectivity index is 1.31. The maximum absolute atomic E-state index is 14.9. The van der Waals surface area contributed by atoms with Gasteiger partial charge in [-0.2, -0.15) is 5.10 Å². The van der Waals surface area contributed by atoms with E-state index in [1.807, 2.05) is 0 Å². The molecule has 0 bridgehead atoms. The summed E-state index contributed by atoms with van der Waals surface area (Å²) >= 11 is 6.54. The van der Waals surface area contributed by atoms with Crippen LogP contribution in [0, 0.1) is 0 Å². The van der Waals surface area contributed by atoms with Crippen molar-refractivity contribution in [2.75, 3.05) is 32.6 Å². The van der Waals surface area contributed by atoms with Crippen LogP contribution in [0.2, 0.25) is 5.02 Å². The van der Waals surface area contributed by atoms with Gasteiger partial charge in [0.1, 0.15) is 30.0 Å².